The van der Waals surface area contributed by atoms with Crippen molar-refractivity contribution >= 4 is 65.7 Å². The molecule has 6 heteroatoms. The quantitative estimate of drug-likeness (QED) is 0.176. The second kappa shape index (κ2) is 12.3. The maximum Gasteiger partial charge on any atom is 0.167 e. The number of para-hydroxylation sites is 3. The van der Waals surface area contributed by atoms with E-state index in [0.29, 0.717) is 27.7 Å². The summed E-state index contributed by atoms with van der Waals surface area (Å²) in [6, 6.07) is 33.2. The van der Waals surface area contributed by atoms with E-state index in [1.165, 1.54) is 16.7 Å². The van der Waals surface area contributed by atoms with Crippen molar-refractivity contribution in [3.8, 4) is 51.0 Å². The highest BCUT2D eigenvalue weighted by Gasteiger charge is 2.22. The Bertz CT molecular complexity index is 4110. The van der Waals surface area contributed by atoms with Crippen molar-refractivity contribution in [2.24, 2.45) is 0 Å². The molecule has 0 saturated carbocycles. The smallest absolute Gasteiger partial charge is 0.167 e. The standard InChI is InChI=1S/C51H30N4O2/c1-3-14-31(15-4-1)34-20-12-27-45-46(34)37-21-11-23-39(48(37)57-45)51-53-49(32-16-5-2-6-17-32)52-50(54-51)38-22-13-26-44-47(38)40-30-33(28-29-43(40)56-44)55-41-24-9-7-18-35(41)36-19-8-10-25-42(36)55/h1-30H/i7D,9D,13D,18D,22D,24D,25D,26D,28D,29D. The molecule has 0 aliphatic rings. The van der Waals surface area contributed by atoms with Crippen LogP contribution in [0.15, 0.2) is 191 Å². The molecule has 0 aliphatic carbocycles. The van der Waals surface area contributed by atoms with Crippen LogP contribution in [0.1, 0.15) is 13.7 Å². The molecule has 0 radical (unpaired) electrons. The molecule has 0 bridgehead atoms. The Kier molecular flexibility index (Phi) is 5.02. The first kappa shape index (κ1) is 23.2. The van der Waals surface area contributed by atoms with E-state index in [1.54, 1.807) is 12.1 Å². The van der Waals surface area contributed by atoms with Crippen molar-refractivity contribution in [3.63, 3.8) is 0 Å². The van der Waals surface area contributed by atoms with Gasteiger partial charge >= 0.3 is 0 Å². The van der Waals surface area contributed by atoms with Crippen LogP contribution in [-0.4, -0.2) is 19.5 Å². The molecule has 0 atom stereocenters. The number of aromatic nitrogens is 4. The van der Waals surface area contributed by atoms with Gasteiger partial charge in [-0.15, -0.1) is 0 Å². The van der Waals surface area contributed by atoms with Crippen molar-refractivity contribution < 1.29 is 22.5 Å². The molecule has 57 heavy (non-hydrogen) atoms. The molecule has 266 valence electrons. The van der Waals surface area contributed by atoms with E-state index in [9.17, 15) is 4.11 Å². The minimum Gasteiger partial charge on any atom is -0.456 e. The van der Waals surface area contributed by atoms with Crippen molar-refractivity contribution in [1.29, 1.82) is 0 Å². The largest absolute Gasteiger partial charge is 0.456 e. The second-order valence-corrected chi connectivity index (χ2v) is 13.6. The zero-order valence-corrected chi connectivity index (χ0v) is 29.7. The van der Waals surface area contributed by atoms with Crippen molar-refractivity contribution in [2.75, 3.05) is 0 Å². The number of benzene rings is 8. The molecular formula is C51H30N4O2. The Morgan fingerprint density at radius 2 is 1.12 bits per heavy atom. The van der Waals surface area contributed by atoms with Gasteiger partial charge in [0.1, 0.15) is 22.3 Å². The van der Waals surface area contributed by atoms with Crippen LogP contribution in [0.4, 0.5) is 0 Å². The summed E-state index contributed by atoms with van der Waals surface area (Å²) in [5.74, 6) is 0.378. The third-order valence-corrected chi connectivity index (χ3v) is 10.3. The molecule has 8 aromatic carbocycles. The van der Waals surface area contributed by atoms with Crippen LogP contribution in [0.2, 0.25) is 0 Å². The Hall–Kier alpha value is -7.83. The summed E-state index contributed by atoms with van der Waals surface area (Å²) in [6.45, 7) is 0. The molecule has 12 rings (SSSR count). The van der Waals surface area contributed by atoms with E-state index in [1.807, 2.05) is 97.1 Å². The van der Waals surface area contributed by atoms with Gasteiger partial charge in [-0.3, -0.25) is 0 Å². The molecular weight excluding hydrogens is 701 g/mol. The van der Waals surface area contributed by atoms with Crippen LogP contribution in [0.5, 0.6) is 0 Å². The fourth-order valence-electron chi connectivity index (χ4n) is 7.85. The summed E-state index contributed by atoms with van der Waals surface area (Å²) in [7, 11) is 0. The molecule has 12 aromatic rings. The van der Waals surface area contributed by atoms with E-state index >= 15 is 0 Å². The van der Waals surface area contributed by atoms with E-state index in [4.69, 9.17) is 33.4 Å². The van der Waals surface area contributed by atoms with Gasteiger partial charge in [0, 0.05) is 49.1 Å². The second-order valence-electron chi connectivity index (χ2n) is 13.6. The number of hydrogen-bond donors (Lipinski definition) is 0. The summed E-state index contributed by atoms with van der Waals surface area (Å²) in [6.07, 6.45) is 0. The average molecular weight is 741 g/mol. The molecule has 0 amide bonds. The van der Waals surface area contributed by atoms with E-state index < -0.39 is 48.3 Å². The molecule has 0 unspecified atom stereocenters. The molecule has 6 nitrogen and oxygen atoms in total. The Morgan fingerprint density at radius 1 is 0.421 bits per heavy atom. The van der Waals surface area contributed by atoms with Crippen LogP contribution < -0.4 is 0 Å². The highest BCUT2D eigenvalue weighted by Crippen LogP contribution is 2.42. The highest BCUT2D eigenvalue weighted by atomic mass is 16.3. The normalized spacial score (nSPS) is 14.3. The first-order valence-electron chi connectivity index (χ1n) is 23.2. The molecule has 0 N–H and O–H groups in total. The predicted octanol–water partition coefficient (Wildman–Crippen LogP) is 13.4. The maximum absolute atomic E-state index is 9.49. The van der Waals surface area contributed by atoms with Gasteiger partial charge in [0.05, 0.1) is 30.3 Å². The lowest BCUT2D eigenvalue weighted by molar-refractivity contribution is 0.668. The summed E-state index contributed by atoms with van der Waals surface area (Å²) < 4.78 is 105. The molecule has 4 aromatic heterocycles. The minimum atomic E-state index is -0.515. The van der Waals surface area contributed by atoms with Crippen LogP contribution in [0, 0.1) is 0 Å². The van der Waals surface area contributed by atoms with E-state index in [0.717, 1.165) is 21.9 Å². The van der Waals surface area contributed by atoms with Crippen molar-refractivity contribution in [1.82, 2.24) is 19.5 Å². The number of fused-ring (bicyclic) bond motifs is 9. The predicted molar refractivity (Wildman–Crippen MR) is 230 cm³/mol. The Labute approximate surface area is 340 Å². The summed E-state index contributed by atoms with van der Waals surface area (Å²) in [5.41, 5.74) is 4.17. The Balaban J connectivity index is 1.18. The number of hydrogen-bond acceptors (Lipinski definition) is 5. The summed E-state index contributed by atoms with van der Waals surface area (Å²) in [5, 5.41) is 2.47. The fraction of sp³-hybridized carbons (Fsp3) is 0. The zero-order chi connectivity index (χ0) is 46.2. The Morgan fingerprint density at radius 3 is 2.00 bits per heavy atom. The first-order valence-corrected chi connectivity index (χ1v) is 18.2. The van der Waals surface area contributed by atoms with Crippen molar-refractivity contribution in [3.05, 3.63) is 182 Å². The monoisotopic (exact) mass is 740 g/mol. The molecule has 0 spiro atoms. The van der Waals surface area contributed by atoms with Crippen LogP contribution in [-0.2, 0) is 0 Å². The maximum atomic E-state index is 9.49. The minimum absolute atomic E-state index is 0.00189. The van der Waals surface area contributed by atoms with Crippen LogP contribution in [0.3, 0.4) is 0 Å². The van der Waals surface area contributed by atoms with Crippen LogP contribution >= 0.6 is 0 Å². The lowest BCUT2D eigenvalue weighted by Crippen LogP contribution is -2.00. The first-order chi connectivity index (χ1) is 32.4. The zero-order valence-electron chi connectivity index (χ0n) is 39.7. The van der Waals surface area contributed by atoms with E-state index in [2.05, 4.69) is 0 Å². The van der Waals surface area contributed by atoms with Gasteiger partial charge in [0.15, 0.2) is 17.5 Å². The molecule has 0 aliphatic heterocycles. The fourth-order valence-corrected chi connectivity index (χ4v) is 7.85. The number of rotatable bonds is 5. The third kappa shape index (κ3) is 4.87. The van der Waals surface area contributed by atoms with E-state index in [-0.39, 0.29) is 79.2 Å². The van der Waals surface area contributed by atoms with Gasteiger partial charge in [-0.2, -0.15) is 0 Å². The SMILES string of the molecule is [2H]c1c(-n2c3c([2H])cccc3c3c([2H])c([2H])c([2H])c([2H])c32)cc2c(oc3c([2H])c([2H])c([2H])c(-c4nc(-c5ccccc5)nc(-c5cccc6c5oc5cccc(-c7ccccc7)c56)n4)c32)c1[2H]. The highest BCUT2D eigenvalue weighted by molar-refractivity contribution is 6.16. The van der Waals surface area contributed by atoms with Crippen LogP contribution in [0.25, 0.3) is 117 Å². The molecule has 4 heterocycles. The van der Waals surface area contributed by atoms with Gasteiger partial charge in [0.25, 0.3) is 0 Å². The average Bonchev–Trinajstić information content (AvgIpc) is 4.04. The third-order valence-electron chi connectivity index (χ3n) is 10.3. The molecule has 0 fully saturated rings. The summed E-state index contributed by atoms with van der Waals surface area (Å²) in [4.78, 5) is 14.9. The summed E-state index contributed by atoms with van der Waals surface area (Å²) >= 11 is 0. The topological polar surface area (TPSA) is 69.9 Å². The van der Waals surface area contributed by atoms with Gasteiger partial charge in [-0.25, -0.2) is 15.0 Å². The lowest BCUT2D eigenvalue weighted by Gasteiger charge is -2.10. The molecule has 0 saturated heterocycles. The number of furan rings is 2. The van der Waals surface area contributed by atoms with Gasteiger partial charge in [-0.1, -0.05) is 133 Å². The van der Waals surface area contributed by atoms with Gasteiger partial charge in [0.2, 0.25) is 0 Å². The number of nitrogens with zero attached hydrogens (tertiary/aromatic N) is 4. The van der Waals surface area contributed by atoms with Gasteiger partial charge in [-0.05, 0) is 59.5 Å². The van der Waals surface area contributed by atoms with Gasteiger partial charge < -0.3 is 13.4 Å². The van der Waals surface area contributed by atoms with Crippen molar-refractivity contribution in [2.45, 2.75) is 0 Å². The lowest BCUT2D eigenvalue weighted by atomic mass is 9.99.